The van der Waals surface area contributed by atoms with Crippen LogP contribution in [0.2, 0.25) is 0 Å². The number of nitrogens with zero attached hydrogens (tertiary/aromatic N) is 1. The molecule has 0 heterocycles. The first kappa shape index (κ1) is 16.2. The van der Waals surface area contributed by atoms with E-state index in [4.69, 9.17) is 9.94 Å². The fourth-order valence-electron chi connectivity index (χ4n) is 1.73. The van der Waals surface area contributed by atoms with E-state index in [0.29, 0.717) is 19.4 Å². The number of unbranched alkanes of at least 4 members (excludes halogenated alkanes) is 2. The monoisotopic (exact) mass is 278 g/mol. The Balaban J connectivity index is 2.24. The average molecular weight is 278 g/mol. The summed E-state index contributed by atoms with van der Waals surface area (Å²) in [4.78, 5) is 15.4. The van der Waals surface area contributed by atoms with Crippen molar-refractivity contribution < 1.29 is 14.7 Å². The van der Waals surface area contributed by atoms with Crippen molar-refractivity contribution >= 4 is 18.0 Å². The summed E-state index contributed by atoms with van der Waals surface area (Å²) < 4.78 is 5.18. The summed E-state index contributed by atoms with van der Waals surface area (Å²) in [6, 6.07) is 7.53. The number of ether oxygens (including phenoxy) is 1. The number of hydrogen-bond donors (Lipinski definition) is 2. The summed E-state index contributed by atoms with van der Waals surface area (Å²) in [5, 5.41) is 8.38. The van der Waals surface area contributed by atoms with Crippen molar-refractivity contribution in [3.8, 4) is 0 Å². The van der Waals surface area contributed by atoms with Crippen LogP contribution in [0.4, 0.5) is 5.69 Å². The Bertz CT molecular complexity index is 416. The first-order valence-corrected chi connectivity index (χ1v) is 6.93. The van der Waals surface area contributed by atoms with Gasteiger partial charge in [0.05, 0.1) is 12.3 Å². The molecule has 2 N–H and O–H groups in total. The van der Waals surface area contributed by atoms with Crippen LogP contribution in [0.3, 0.4) is 0 Å². The van der Waals surface area contributed by atoms with Crippen LogP contribution >= 0.6 is 0 Å². The third-order valence-electron chi connectivity index (χ3n) is 2.85. The normalized spacial score (nSPS) is 10.7. The molecule has 110 valence electrons. The summed E-state index contributed by atoms with van der Waals surface area (Å²) in [6.45, 7) is 2.52. The molecule has 1 rings (SSSR count). The van der Waals surface area contributed by atoms with Crippen molar-refractivity contribution in [2.24, 2.45) is 4.99 Å². The van der Waals surface area contributed by atoms with Crippen molar-refractivity contribution in [1.29, 1.82) is 0 Å². The lowest BCUT2D eigenvalue weighted by molar-refractivity contribution is -0.143. The molecule has 0 aromatic heterocycles. The Morgan fingerprint density at radius 3 is 2.75 bits per heavy atom. The molecule has 0 atom stereocenters. The second kappa shape index (κ2) is 9.97. The van der Waals surface area contributed by atoms with Gasteiger partial charge in [-0.2, -0.15) is 0 Å². The van der Waals surface area contributed by atoms with Gasteiger partial charge < -0.3 is 4.74 Å². The van der Waals surface area contributed by atoms with Crippen molar-refractivity contribution in [2.45, 2.75) is 39.0 Å². The largest absolute Gasteiger partial charge is 0.465 e. The molecule has 0 fully saturated rings. The second-order valence-electron chi connectivity index (χ2n) is 4.48. The lowest BCUT2D eigenvalue weighted by atomic mass is 10.1. The van der Waals surface area contributed by atoms with E-state index in [1.807, 2.05) is 29.7 Å². The standard InChI is InChI=1S/C15H22N2O3/c1-2-3-4-5-15(18)20-11-10-13-6-8-14(9-7-13)16-12-17-19/h6-9,12,19H,2-5,10-11H2,1H3,(H,16,17). The van der Waals surface area contributed by atoms with E-state index in [-0.39, 0.29) is 5.97 Å². The van der Waals surface area contributed by atoms with Gasteiger partial charge in [0.15, 0.2) is 0 Å². The molecule has 0 aliphatic heterocycles. The van der Waals surface area contributed by atoms with Gasteiger partial charge >= 0.3 is 5.97 Å². The first-order chi connectivity index (χ1) is 9.76. The van der Waals surface area contributed by atoms with E-state index < -0.39 is 0 Å². The number of hydrogen-bond acceptors (Lipinski definition) is 4. The summed E-state index contributed by atoms with van der Waals surface area (Å²) in [5.74, 6) is -0.117. The highest BCUT2D eigenvalue weighted by atomic mass is 16.5. The third kappa shape index (κ3) is 6.89. The molecule has 0 unspecified atom stereocenters. The van der Waals surface area contributed by atoms with Gasteiger partial charge in [0.1, 0.15) is 6.34 Å². The molecular formula is C15H22N2O3. The molecular weight excluding hydrogens is 256 g/mol. The highest BCUT2D eigenvalue weighted by molar-refractivity contribution is 5.69. The SMILES string of the molecule is CCCCCC(=O)OCCc1ccc(N=CNO)cc1. The molecule has 1 aromatic carbocycles. The number of carbonyl (C=O) groups excluding carboxylic acids is 1. The van der Waals surface area contributed by atoms with Crippen LogP contribution in [0.1, 0.15) is 38.2 Å². The lowest BCUT2D eigenvalue weighted by Gasteiger charge is -2.05. The minimum Gasteiger partial charge on any atom is -0.465 e. The molecule has 20 heavy (non-hydrogen) atoms. The summed E-state index contributed by atoms with van der Waals surface area (Å²) in [7, 11) is 0. The topological polar surface area (TPSA) is 70.9 Å². The third-order valence-corrected chi connectivity index (χ3v) is 2.85. The van der Waals surface area contributed by atoms with E-state index in [2.05, 4.69) is 11.9 Å². The zero-order chi connectivity index (χ0) is 14.6. The second-order valence-corrected chi connectivity index (χ2v) is 4.48. The van der Waals surface area contributed by atoms with Crippen molar-refractivity contribution in [3.05, 3.63) is 29.8 Å². The van der Waals surface area contributed by atoms with E-state index in [9.17, 15) is 4.79 Å². The Labute approximate surface area is 119 Å². The van der Waals surface area contributed by atoms with Gasteiger partial charge in [0, 0.05) is 12.8 Å². The fraction of sp³-hybridized carbons (Fsp3) is 0.467. The molecule has 0 radical (unpaired) electrons. The van der Waals surface area contributed by atoms with Crippen molar-refractivity contribution in [3.63, 3.8) is 0 Å². The Morgan fingerprint density at radius 2 is 2.10 bits per heavy atom. The molecule has 5 nitrogen and oxygen atoms in total. The van der Waals surface area contributed by atoms with Crippen LogP contribution in [-0.4, -0.2) is 24.1 Å². The molecule has 0 spiro atoms. The van der Waals surface area contributed by atoms with E-state index in [1.54, 1.807) is 0 Å². The van der Waals surface area contributed by atoms with Gasteiger partial charge in [-0.05, 0) is 24.1 Å². The van der Waals surface area contributed by atoms with E-state index in [0.717, 1.165) is 30.5 Å². The Hall–Kier alpha value is -1.88. The predicted molar refractivity (Wildman–Crippen MR) is 78.3 cm³/mol. The molecule has 0 amide bonds. The van der Waals surface area contributed by atoms with Gasteiger partial charge in [-0.1, -0.05) is 31.9 Å². The molecule has 0 bridgehead atoms. The summed E-state index contributed by atoms with van der Waals surface area (Å²) >= 11 is 0. The highest BCUT2D eigenvalue weighted by Crippen LogP contribution is 2.12. The van der Waals surface area contributed by atoms with Crippen LogP contribution < -0.4 is 5.48 Å². The number of aliphatic imine (C=N–C) groups is 1. The van der Waals surface area contributed by atoms with Crippen LogP contribution in [0.5, 0.6) is 0 Å². The number of rotatable bonds is 9. The average Bonchev–Trinajstić information content (AvgIpc) is 2.47. The smallest absolute Gasteiger partial charge is 0.305 e. The molecule has 0 aliphatic rings. The fourth-order valence-corrected chi connectivity index (χ4v) is 1.73. The number of esters is 1. The van der Waals surface area contributed by atoms with Crippen LogP contribution in [-0.2, 0) is 16.0 Å². The lowest BCUT2D eigenvalue weighted by Crippen LogP contribution is -2.07. The molecule has 0 saturated carbocycles. The van der Waals surface area contributed by atoms with Gasteiger partial charge in [-0.25, -0.2) is 4.99 Å². The van der Waals surface area contributed by atoms with Gasteiger partial charge in [0.2, 0.25) is 0 Å². The zero-order valence-electron chi connectivity index (χ0n) is 11.8. The molecule has 0 saturated heterocycles. The maximum atomic E-state index is 11.4. The minimum atomic E-state index is -0.117. The van der Waals surface area contributed by atoms with Crippen LogP contribution in [0, 0.1) is 0 Å². The van der Waals surface area contributed by atoms with Gasteiger partial charge in [0.25, 0.3) is 0 Å². The molecule has 0 aliphatic carbocycles. The summed E-state index contributed by atoms with van der Waals surface area (Å²) in [5.41, 5.74) is 3.68. The number of hydroxylamine groups is 1. The first-order valence-electron chi connectivity index (χ1n) is 6.93. The molecule has 1 aromatic rings. The Kier molecular flexibility index (Phi) is 8.07. The molecule has 5 heteroatoms. The quantitative estimate of drug-likeness (QED) is 0.239. The van der Waals surface area contributed by atoms with Crippen molar-refractivity contribution in [1.82, 2.24) is 5.48 Å². The highest BCUT2D eigenvalue weighted by Gasteiger charge is 2.02. The van der Waals surface area contributed by atoms with Gasteiger partial charge in [-0.3, -0.25) is 15.5 Å². The maximum Gasteiger partial charge on any atom is 0.305 e. The number of benzene rings is 1. The van der Waals surface area contributed by atoms with Crippen LogP contribution in [0.15, 0.2) is 29.3 Å². The summed E-state index contributed by atoms with van der Waals surface area (Å²) in [6.07, 6.45) is 5.49. The minimum absolute atomic E-state index is 0.117. The van der Waals surface area contributed by atoms with E-state index >= 15 is 0 Å². The number of carbonyl (C=O) groups is 1. The van der Waals surface area contributed by atoms with Crippen molar-refractivity contribution in [2.75, 3.05) is 6.61 Å². The zero-order valence-corrected chi connectivity index (χ0v) is 11.8. The van der Waals surface area contributed by atoms with Gasteiger partial charge in [-0.15, -0.1) is 0 Å². The van der Waals surface area contributed by atoms with Crippen LogP contribution in [0.25, 0.3) is 0 Å². The van der Waals surface area contributed by atoms with E-state index in [1.165, 1.54) is 6.34 Å². The predicted octanol–water partition coefficient (Wildman–Crippen LogP) is 2.99. The Morgan fingerprint density at radius 1 is 1.35 bits per heavy atom. The number of nitrogens with one attached hydrogen (secondary N) is 1. The maximum absolute atomic E-state index is 11.4.